The van der Waals surface area contributed by atoms with E-state index in [1.54, 1.807) is 6.92 Å². The van der Waals surface area contributed by atoms with Crippen molar-refractivity contribution in [3.05, 3.63) is 16.0 Å². The molecule has 0 spiro atoms. The maximum atomic E-state index is 13.7. The third-order valence-corrected chi connectivity index (χ3v) is 10.4. The Morgan fingerprint density at radius 2 is 1.90 bits per heavy atom. The van der Waals surface area contributed by atoms with Crippen LogP contribution in [-0.2, 0) is 27.2 Å². The summed E-state index contributed by atoms with van der Waals surface area (Å²) in [6, 6.07) is 0. The molecule has 4 rings (SSSR count). The molecule has 0 saturated heterocycles. The summed E-state index contributed by atoms with van der Waals surface area (Å²) in [4.78, 5) is 40.1. The second kappa shape index (κ2) is 6.91. The molecule has 7 heteroatoms. The summed E-state index contributed by atoms with van der Waals surface area (Å²) >= 11 is 5.07. The van der Waals surface area contributed by atoms with E-state index in [0.29, 0.717) is 30.0 Å². The van der Waals surface area contributed by atoms with Crippen molar-refractivity contribution in [2.24, 2.45) is 16.2 Å². The molecule has 0 aromatic carbocycles. The molecule has 5 nitrogen and oxygen atoms in total. The number of carbonyl (C=O) groups excluding carboxylic acids is 3. The standard InChI is InChI=1S/C22H28BrNO4S/c1-5-28-18(26)14-12-8-6-7-9-13(12)29-17(14)24-19(27)22-11-10-21(4,20(22,2)3)16(25)15(22)23/h15H,5-11H2,1-4H3,(H,24,27)/t15-,21+,22+/m0/s1. The number of aryl methyl sites for hydroxylation is 1. The Balaban J connectivity index is 1.74. The fraction of sp³-hybridized carbons (Fsp3) is 0.682. The Hall–Kier alpha value is -1.21. The molecular weight excluding hydrogens is 454 g/mol. The number of nitrogens with one attached hydrogen (secondary N) is 1. The minimum absolute atomic E-state index is 0.111. The van der Waals surface area contributed by atoms with Crippen molar-refractivity contribution in [3.8, 4) is 0 Å². The van der Waals surface area contributed by atoms with Crippen LogP contribution >= 0.6 is 27.3 Å². The number of amides is 1. The maximum absolute atomic E-state index is 13.7. The highest BCUT2D eigenvalue weighted by Gasteiger charge is 2.76. The Kier molecular flexibility index (Phi) is 5.01. The lowest BCUT2D eigenvalue weighted by Crippen LogP contribution is -2.48. The Labute approximate surface area is 184 Å². The van der Waals surface area contributed by atoms with Crippen molar-refractivity contribution in [2.75, 3.05) is 11.9 Å². The van der Waals surface area contributed by atoms with Gasteiger partial charge in [-0.15, -0.1) is 11.3 Å². The van der Waals surface area contributed by atoms with E-state index in [1.165, 1.54) is 16.2 Å². The highest BCUT2D eigenvalue weighted by atomic mass is 79.9. The van der Waals surface area contributed by atoms with Crippen LogP contribution in [0.1, 0.15) is 74.2 Å². The Morgan fingerprint density at radius 3 is 2.52 bits per heavy atom. The van der Waals surface area contributed by atoms with Crippen molar-refractivity contribution in [1.29, 1.82) is 0 Å². The second-order valence-corrected chi connectivity index (χ2v) is 11.3. The largest absolute Gasteiger partial charge is 0.462 e. The molecule has 1 amide bonds. The molecule has 2 saturated carbocycles. The van der Waals surface area contributed by atoms with E-state index >= 15 is 0 Å². The number of carbonyl (C=O) groups is 3. The SMILES string of the molecule is CCOC(=O)c1c(NC(=O)[C@@]23CC[C@](C)(C(=O)[C@@H]2Br)C3(C)C)sc2c1CCCC2. The van der Waals surface area contributed by atoms with Gasteiger partial charge in [0.15, 0.2) is 5.78 Å². The van der Waals surface area contributed by atoms with Crippen LogP contribution in [0, 0.1) is 16.2 Å². The summed E-state index contributed by atoms with van der Waals surface area (Å²) in [7, 11) is 0. The number of ether oxygens (including phenoxy) is 1. The van der Waals surface area contributed by atoms with Crippen molar-refractivity contribution < 1.29 is 19.1 Å². The predicted octanol–water partition coefficient (Wildman–Crippen LogP) is 4.90. The van der Waals surface area contributed by atoms with Gasteiger partial charge in [0.1, 0.15) is 5.00 Å². The number of hydrogen-bond acceptors (Lipinski definition) is 5. The van der Waals surface area contributed by atoms with E-state index < -0.39 is 21.1 Å². The summed E-state index contributed by atoms with van der Waals surface area (Å²) < 4.78 is 5.31. The van der Waals surface area contributed by atoms with Crippen LogP contribution in [0.4, 0.5) is 5.00 Å². The number of alkyl halides is 1. The summed E-state index contributed by atoms with van der Waals surface area (Å²) in [6.07, 6.45) is 5.26. The summed E-state index contributed by atoms with van der Waals surface area (Å²) in [5, 5.41) is 3.67. The molecule has 0 aliphatic heterocycles. The van der Waals surface area contributed by atoms with Gasteiger partial charge in [-0.3, -0.25) is 9.59 Å². The van der Waals surface area contributed by atoms with Gasteiger partial charge < -0.3 is 10.1 Å². The lowest BCUT2D eigenvalue weighted by molar-refractivity contribution is -0.130. The van der Waals surface area contributed by atoms with E-state index in [-0.39, 0.29) is 17.7 Å². The van der Waals surface area contributed by atoms with Crippen molar-refractivity contribution in [1.82, 2.24) is 0 Å². The van der Waals surface area contributed by atoms with Crippen LogP contribution in [0.3, 0.4) is 0 Å². The fourth-order valence-electron chi connectivity index (χ4n) is 5.74. The van der Waals surface area contributed by atoms with Crippen LogP contribution in [0.5, 0.6) is 0 Å². The number of hydrogen-bond donors (Lipinski definition) is 1. The quantitative estimate of drug-likeness (QED) is 0.490. The number of halogens is 1. The van der Waals surface area contributed by atoms with Gasteiger partial charge in [-0.1, -0.05) is 36.7 Å². The molecule has 0 unspecified atom stereocenters. The highest BCUT2D eigenvalue weighted by molar-refractivity contribution is 9.10. The molecule has 3 aliphatic rings. The van der Waals surface area contributed by atoms with Gasteiger partial charge in [-0.25, -0.2) is 4.79 Å². The number of thiophene rings is 1. The monoisotopic (exact) mass is 481 g/mol. The number of esters is 1. The van der Waals surface area contributed by atoms with E-state index in [9.17, 15) is 14.4 Å². The average Bonchev–Trinajstić information content (AvgIpc) is 3.17. The molecular formula is C22H28BrNO4S. The van der Waals surface area contributed by atoms with E-state index in [1.807, 2.05) is 20.8 Å². The number of ketones is 1. The number of anilines is 1. The van der Waals surface area contributed by atoms with E-state index in [0.717, 1.165) is 31.2 Å². The van der Waals surface area contributed by atoms with Crippen molar-refractivity contribution in [3.63, 3.8) is 0 Å². The van der Waals surface area contributed by atoms with E-state index in [4.69, 9.17) is 4.74 Å². The molecule has 3 atom stereocenters. The highest BCUT2D eigenvalue weighted by Crippen LogP contribution is 2.72. The van der Waals surface area contributed by atoms with Gasteiger partial charge in [0.05, 0.1) is 22.4 Å². The van der Waals surface area contributed by atoms with Crippen molar-refractivity contribution in [2.45, 2.75) is 71.0 Å². The predicted molar refractivity (Wildman–Crippen MR) is 117 cm³/mol. The van der Waals surface area contributed by atoms with Gasteiger partial charge in [-0.05, 0) is 56.4 Å². The topological polar surface area (TPSA) is 72.5 Å². The van der Waals surface area contributed by atoms with Crippen LogP contribution in [-0.4, -0.2) is 29.1 Å². The molecule has 1 aromatic heterocycles. The van der Waals surface area contributed by atoms with Gasteiger partial charge in [0, 0.05) is 10.3 Å². The van der Waals surface area contributed by atoms with Gasteiger partial charge in [-0.2, -0.15) is 0 Å². The lowest BCUT2D eigenvalue weighted by atomic mass is 9.64. The van der Waals surface area contributed by atoms with Crippen molar-refractivity contribution >= 4 is 49.9 Å². The zero-order valence-corrected chi connectivity index (χ0v) is 19.8. The summed E-state index contributed by atoms with van der Waals surface area (Å²) in [5.74, 6) is -0.420. The first-order valence-electron chi connectivity index (χ1n) is 10.4. The third kappa shape index (κ3) is 2.59. The molecule has 3 aliphatic carbocycles. The van der Waals surface area contributed by atoms with Crippen LogP contribution < -0.4 is 5.32 Å². The maximum Gasteiger partial charge on any atom is 0.341 e. The number of fused-ring (bicyclic) bond motifs is 3. The molecule has 2 bridgehead atoms. The number of rotatable bonds is 4. The summed E-state index contributed by atoms with van der Waals surface area (Å²) in [6.45, 7) is 8.13. The van der Waals surface area contributed by atoms with Gasteiger partial charge >= 0.3 is 5.97 Å². The van der Waals surface area contributed by atoms with Gasteiger partial charge in [0.2, 0.25) is 5.91 Å². The fourth-order valence-corrected chi connectivity index (χ4v) is 8.53. The Bertz CT molecular complexity index is 907. The van der Waals surface area contributed by atoms with E-state index in [2.05, 4.69) is 21.2 Å². The van der Waals surface area contributed by atoms with Crippen LogP contribution in [0.15, 0.2) is 0 Å². The normalized spacial score (nSPS) is 32.2. The smallest absolute Gasteiger partial charge is 0.341 e. The zero-order chi connectivity index (χ0) is 21.2. The lowest BCUT2D eigenvalue weighted by Gasteiger charge is -2.39. The first-order valence-corrected chi connectivity index (χ1v) is 12.2. The second-order valence-electron chi connectivity index (χ2n) is 9.24. The third-order valence-electron chi connectivity index (χ3n) is 8.00. The first-order chi connectivity index (χ1) is 13.6. The molecule has 2 fully saturated rings. The molecule has 1 heterocycles. The minimum Gasteiger partial charge on any atom is -0.462 e. The van der Waals surface area contributed by atoms with Crippen LogP contribution in [0.25, 0.3) is 0 Å². The summed E-state index contributed by atoms with van der Waals surface area (Å²) in [5.41, 5.74) is -0.269. The molecule has 158 valence electrons. The minimum atomic E-state index is -0.824. The first kappa shape index (κ1) is 21.0. The molecule has 1 N–H and O–H groups in total. The average molecular weight is 482 g/mol. The van der Waals surface area contributed by atoms with Crippen LogP contribution in [0.2, 0.25) is 0 Å². The molecule has 1 aromatic rings. The number of Topliss-reactive ketones (excluding diaryl/α,β-unsaturated/α-hetero) is 1. The Morgan fingerprint density at radius 1 is 1.21 bits per heavy atom. The molecule has 29 heavy (non-hydrogen) atoms. The molecule has 0 radical (unpaired) electrons. The van der Waals surface area contributed by atoms with Gasteiger partial charge in [0.25, 0.3) is 0 Å². The zero-order valence-electron chi connectivity index (χ0n) is 17.4.